The predicted octanol–water partition coefficient (Wildman–Crippen LogP) is 6.45. The molecule has 0 bridgehead atoms. The molecule has 1 saturated heterocycles. The molecule has 2 aromatic carbocycles. The molecule has 3 aromatic rings. The summed E-state index contributed by atoms with van der Waals surface area (Å²) in [6.45, 7) is 8.69. The van der Waals surface area contributed by atoms with Gasteiger partial charge in [0, 0.05) is 69.3 Å². The van der Waals surface area contributed by atoms with Crippen LogP contribution in [0.25, 0.3) is 21.9 Å². The minimum atomic E-state index is -0.522. The number of piperazine rings is 1. The molecule has 3 heterocycles. The third kappa shape index (κ3) is 4.55. The van der Waals surface area contributed by atoms with Gasteiger partial charge in [0.15, 0.2) is 11.3 Å². The molecular weight excluding hydrogens is 587 g/mol. The highest BCUT2D eigenvalue weighted by Gasteiger charge is 2.35. The number of benzene rings is 2. The molecule has 2 aliphatic rings. The van der Waals surface area contributed by atoms with Gasteiger partial charge in [-0.1, -0.05) is 23.6 Å². The van der Waals surface area contributed by atoms with E-state index in [1.807, 2.05) is 39.0 Å². The molecule has 0 spiro atoms. The van der Waals surface area contributed by atoms with Gasteiger partial charge in [-0.25, -0.2) is 4.79 Å². The first-order chi connectivity index (χ1) is 16.2. The fraction of sp³-hybridized carbons (Fsp3) is 0.400. The normalized spacial score (nSPS) is 18.5. The van der Waals surface area contributed by atoms with E-state index < -0.39 is 5.60 Å². The Kier molecular flexibility index (Phi) is 6.57. The number of hydrogen-bond acceptors (Lipinski definition) is 6. The van der Waals surface area contributed by atoms with E-state index in [0.29, 0.717) is 42.4 Å². The Balaban J connectivity index is 1.53. The van der Waals surface area contributed by atoms with Crippen LogP contribution in [-0.4, -0.2) is 53.8 Å². The third-order valence-corrected chi connectivity index (χ3v) is 7.18. The van der Waals surface area contributed by atoms with Crippen LogP contribution in [0.2, 0.25) is 5.02 Å². The van der Waals surface area contributed by atoms with Gasteiger partial charge in [0.2, 0.25) is 0 Å². The number of furan rings is 1. The van der Waals surface area contributed by atoms with E-state index in [9.17, 15) is 4.79 Å². The Morgan fingerprint density at radius 3 is 2.88 bits per heavy atom. The lowest BCUT2D eigenvalue weighted by Gasteiger charge is -2.40. The zero-order valence-electron chi connectivity index (χ0n) is 19.1. The summed E-state index contributed by atoms with van der Waals surface area (Å²) in [5.74, 6) is 4.00. The SMILES string of the molecule is CC(C)(C)OC(=O)N1CCN2Cc3cc(C#CSI)c4c(oc5cccc(Cl)c54)c3OCC2C1. The number of amides is 1. The Morgan fingerprint density at radius 1 is 1.29 bits per heavy atom. The van der Waals surface area contributed by atoms with Crippen molar-refractivity contribution in [2.24, 2.45) is 0 Å². The van der Waals surface area contributed by atoms with Crippen molar-refractivity contribution in [3.05, 3.63) is 40.4 Å². The lowest BCUT2D eigenvalue weighted by Crippen LogP contribution is -2.56. The van der Waals surface area contributed by atoms with Crippen LogP contribution in [0.5, 0.6) is 5.75 Å². The number of carbonyl (C=O) groups is 1. The van der Waals surface area contributed by atoms with E-state index >= 15 is 0 Å². The molecule has 9 heteroatoms. The Bertz CT molecular complexity index is 1340. The topological polar surface area (TPSA) is 55.2 Å². The minimum absolute atomic E-state index is 0.0520. The summed E-state index contributed by atoms with van der Waals surface area (Å²) < 4.78 is 18.3. The molecule has 6 nitrogen and oxygen atoms in total. The molecule has 1 atom stereocenters. The number of hydrogen-bond donors (Lipinski definition) is 0. The summed E-state index contributed by atoms with van der Waals surface area (Å²) >= 11 is 8.74. The summed E-state index contributed by atoms with van der Waals surface area (Å²) in [6.07, 6.45) is -0.280. The molecule has 1 unspecified atom stereocenters. The minimum Gasteiger partial charge on any atom is -0.488 e. The fourth-order valence-electron chi connectivity index (χ4n) is 4.58. The molecule has 0 saturated carbocycles. The average molecular weight is 611 g/mol. The highest BCUT2D eigenvalue weighted by Crippen LogP contribution is 2.43. The van der Waals surface area contributed by atoms with Crippen LogP contribution < -0.4 is 4.74 Å². The molecule has 1 fully saturated rings. The third-order valence-electron chi connectivity index (χ3n) is 6.02. The summed E-state index contributed by atoms with van der Waals surface area (Å²) in [4.78, 5) is 16.8. The number of rotatable bonds is 0. The van der Waals surface area contributed by atoms with Crippen LogP contribution in [0.4, 0.5) is 4.79 Å². The van der Waals surface area contributed by atoms with Gasteiger partial charge in [-0.15, -0.1) is 0 Å². The molecule has 5 rings (SSSR count). The van der Waals surface area contributed by atoms with Crippen molar-refractivity contribution in [3.63, 3.8) is 0 Å². The number of carbonyl (C=O) groups excluding carboxylic acids is 1. The number of nitrogens with zero attached hydrogens (tertiary/aromatic N) is 2. The first kappa shape index (κ1) is 23.9. The van der Waals surface area contributed by atoms with Gasteiger partial charge in [-0.2, -0.15) is 0 Å². The molecular formula is C25H24ClIN2O4S. The number of halogens is 2. The van der Waals surface area contributed by atoms with Gasteiger partial charge in [-0.3, -0.25) is 4.90 Å². The number of ether oxygens (including phenoxy) is 2. The molecule has 1 aromatic heterocycles. The average Bonchev–Trinajstić information content (AvgIpc) is 3.07. The summed E-state index contributed by atoms with van der Waals surface area (Å²) in [5.41, 5.74) is 2.76. The van der Waals surface area contributed by atoms with Gasteiger partial charge < -0.3 is 18.8 Å². The zero-order chi connectivity index (χ0) is 24.0. The van der Waals surface area contributed by atoms with Crippen LogP contribution in [0, 0.1) is 11.2 Å². The van der Waals surface area contributed by atoms with E-state index in [1.54, 1.807) is 4.90 Å². The molecule has 1 amide bonds. The monoisotopic (exact) mass is 610 g/mol. The van der Waals surface area contributed by atoms with Crippen molar-refractivity contribution < 1.29 is 18.7 Å². The molecule has 0 aliphatic carbocycles. The van der Waals surface area contributed by atoms with Crippen LogP contribution in [0.1, 0.15) is 31.9 Å². The van der Waals surface area contributed by atoms with Crippen molar-refractivity contribution in [2.75, 3.05) is 26.2 Å². The quantitative estimate of drug-likeness (QED) is 0.216. The maximum Gasteiger partial charge on any atom is 0.410 e. The summed E-state index contributed by atoms with van der Waals surface area (Å²) in [6, 6.07) is 7.80. The van der Waals surface area contributed by atoms with Crippen LogP contribution >= 0.6 is 41.7 Å². The van der Waals surface area contributed by atoms with Gasteiger partial charge in [0.05, 0.1) is 11.1 Å². The van der Waals surface area contributed by atoms with Gasteiger partial charge in [-0.05, 0) is 53.2 Å². The van der Waals surface area contributed by atoms with Crippen LogP contribution in [0.3, 0.4) is 0 Å². The second-order valence-corrected chi connectivity index (χ2v) is 11.6. The molecule has 0 N–H and O–H groups in total. The van der Waals surface area contributed by atoms with E-state index in [2.05, 4.69) is 43.3 Å². The van der Waals surface area contributed by atoms with Crippen LogP contribution in [-0.2, 0) is 11.3 Å². The van der Waals surface area contributed by atoms with Crippen molar-refractivity contribution in [3.8, 4) is 16.9 Å². The molecule has 2 aliphatic heterocycles. The van der Waals surface area contributed by atoms with Gasteiger partial charge in [0.1, 0.15) is 17.8 Å². The predicted molar refractivity (Wildman–Crippen MR) is 145 cm³/mol. The van der Waals surface area contributed by atoms with Crippen molar-refractivity contribution in [1.29, 1.82) is 0 Å². The Labute approximate surface area is 219 Å². The van der Waals surface area contributed by atoms with Crippen molar-refractivity contribution >= 4 is 69.8 Å². The number of fused-ring (bicyclic) bond motifs is 6. The zero-order valence-corrected chi connectivity index (χ0v) is 22.8. The molecule has 34 heavy (non-hydrogen) atoms. The van der Waals surface area contributed by atoms with E-state index in [4.69, 9.17) is 25.5 Å². The second kappa shape index (κ2) is 9.34. The summed E-state index contributed by atoms with van der Waals surface area (Å²) in [5, 5.41) is 5.46. The highest BCUT2D eigenvalue weighted by atomic mass is 127. The van der Waals surface area contributed by atoms with E-state index in [-0.39, 0.29) is 12.1 Å². The molecule has 178 valence electrons. The van der Waals surface area contributed by atoms with E-state index in [0.717, 1.165) is 34.2 Å². The Morgan fingerprint density at radius 2 is 2.12 bits per heavy atom. The largest absolute Gasteiger partial charge is 0.488 e. The summed E-state index contributed by atoms with van der Waals surface area (Å²) in [7, 11) is 1.44. The lowest BCUT2D eigenvalue weighted by molar-refractivity contribution is -0.00153. The molecule has 0 radical (unpaired) electrons. The second-order valence-electron chi connectivity index (χ2n) is 9.50. The van der Waals surface area contributed by atoms with Crippen molar-refractivity contribution in [2.45, 2.75) is 39.0 Å². The van der Waals surface area contributed by atoms with E-state index in [1.165, 1.54) is 8.93 Å². The maximum absolute atomic E-state index is 12.6. The standard InChI is InChI=1S/C25H24ClIN2O4S/c1-25(2,3)33-24(30)29-9-8-28-12-16-11-15(7-10-34-27)20-21-18(26)5-4-6-19(21)32-23(20)22(16)31-14-17(28)13-29/h4-6,11,17H,8-9,12-14H2,1-3H3. The lowest BCUT2D eigenvalue weighted by atomic mass is 10.0. The first-order valence-electron chi connectivity index (χ1n) is 11.0. The smallest absolute Gasteiger partial charge is 0.410 e. The van der Waals surface area contributed by atoms with Crippen LogP contribution in [0.15, 0.2) is 28.7 Å². The Hall–Kier alpha value is -1.80. The highest BCUT2D eigenvalue weighted by molar-refractivity contribution is 14.2. The maximum atomic E-state index is 12.6. The first-order valence-corrected chi connectivity index (χ1v) is 14.8. The van der Waals surface area contributed by atoms with Gasteiger partial charge >= 0.3 is 6.09 Å². The van der Waals surface area contributed by atoms with Gasteiger partial charge in [0.25, 0.3) is 0 Å². The fourth-order valence-corrected chi connectivity index (χ4v) is 5.32. The van der Waals surface area contributed by atoms with Crippen molar-refractivity contribution in [1.82, 2.24) is 9.80 Å².